The van der Waals surface area contributed by atoms with Gasteiger partial charge in [-0.25, -0.2) is 13.1 Å². The molecule has 0 atom stereocenters. The summed E-state index contributed by atoms with van der Waals surface area (Å²) < 4.78 is 28.3. The van der Waals surface area contributed by atoms with Crippen LogP contribution in [0, 0.1) is 6.92 Å². The third kappa shape index (κ3) is 2.83. The minimum atomic E-state index is -3.73. The van der Waals surface area contributed by atoms with Gasteiger partial charge in [0.05, 0.1) is 24.5 Å². The summed E-state index contributed by atoms with van der Waals surface area (Å²) in [6.45, 7) is 1.23. The zero-order valence-corrected chi connectivity index (χ0v) is 11.4. The van der Waals surface area contributed by atoms with Gasteiger partial charge >= 0.3 is 0 Å². The zero-order chi connectivity index (χ0) is 14.0. The number of aliphatic hydroxyl groups is 1. The third-order valence-electron chi connectivity index (χ3n) is 2.59. The van der Waals surface area contributed by atoms with E-state index in [-0.39, 0.29) is 17.1 Å². The van der Waals surface area contributed by atoms with Crippen molar-refractivity contribution in [2.24, 2.45) is 7.05 Å². The SMILES string of the molecule is Cc1[nH]nc(CO)c1S(=O)(=O)NCc1ccn(C)n1. The Balaban J connectivity index is 2.20. The number of rotatable bonds is 5. The topological polar surface area (TPSA) is 113 Å². The molecule has 0 aliphatic heterocycles. The average Bonchev–Trinajstić information content (AvgIpc) is 2.93. The second-order valence-electron chi connectivity index (χ2n) is 4.09. The summed E-state index contributed by atoms with van der Waals surface area (Å²) in [5.74, 6) is 0. The molecule has 3 N–H and O–H groups in total. The molecule has 0 fully saturated rings. The fraction of sp³-hybridized carbons (Fsp3) is 0.400. The van der Waals surface area contributed by atoms with Gasteiger partial charge in [0.25, 0.3) is 0 Å². The first-order chi connectivity index (χ1) is 8.94. The van der Waals surface area contributed by atoms with E-state index in [1.807, 2.05) is 0 Å². The Hall–Kier alpha value is -1.71. The average molecular weight is 285 g/mol. The van der Waals surface area contributed by atoms with E-state index in [4.69, 9.17) is 5.11 Å². The van der Waals surface area contributed by atoms with Crippen LogP contribution in [0.4, 0.5) is 0 Å². The first-order valence-electron chi connectivity index (χ1n) is 5.57. The lowest BCUT2D eigenvalue weighted by molar-refractivity contribution is 0.273. The molecule has 0 radical (unpaired) electrons. The van der Waals surface area contributed by atoms with E-state index in [9.17, 15) is 8.42 Å². The fourth-order valence-electron chi connectivity index (χ4n) is 1.73. The molecule has 8 nitrogen and oxygen atoms in total. The first kappa shape index (κ1) is 13.7. The molecule has 0 unspecified atom stereocenters. The van der Waals surface area contributed by atoms with E-state index < -0.39 is 16.6 Å². The molecule has 2 aromatic heterocycles. The Morgan fingerprint density at radius 1 is 1.53 bits per heavy atom. The number of nitrogens with zero attached hydrogens (tertiary/aromatic N) is 3. The highest BCUT2D eigenvalue weighted by molar-refractivity contribution is 7.89. The summed E-state index contributed by atoms with van der Waals surface area (Å²) in [7, 11) is -1.98. The minimum Gasteiger partial charge on any atom is -0.390 e. The summed E-state index contributed by atoms with van der Waals surface area (Å²) in [6.07, 6.45) is 1.73. The quantitative estimate of drug-likeness (QED) is 0.680. The van der Waals surface area contributed by atoms with E-state index in [2.05, 4.69) is 20.0 Å². The molecule has 0 saturated carbocycles. The fourth-order valence-corrected chi connectivity index (χ4v) is 3.08. The van der Waals surface area contributed by atoms with Crippen molar-refractivity contribution in [1.29, 1.82) is 0 Å². The summed E-state index contributed by atoms with van der Waals surface area (Å²) in [5, 5.41) is 19.5. The van der Waals surface area contributed by atoms with Crippen molar-refractivity contribution >= 4 is 10.0 Å². The van der Waals surface area contributed by atoms with Crippen LogP contribution in [0.2, 0.25) is 0 Å². The second-order valence-corrected chi connectivity index (χ2v) is 5.79. The predicted octanol–water partition coefficient (Wildman–Crippen LogP) is -0.578. The number of sulfonamides is 1. The number of aryl methyl sites for hydroxylation is 2. The van der Waals surface area contributed by atoms with Crippen molar-refractivity contribution in [2.45, 2.75) is 25.0 Å². The summed E-state index contributed by atoms with van der Waals surface area (Å²) in [6, 6.07) is 1.72. The monoisotopic (exact) mass is 285 g/mol. The van der Waals surface area contributed by atoms with Crippen LogP contribution in [-0.2, 0) is 30.2 Å². The summed E-state index contributed by atoms with van der Waals surface area (Å²) in [5.41, 5.74) is 1.10. The molecule has 0 bridgehead atoms. The van der Waals surface area contributed by atoms with E-state index in [1.165, 1.54) is 0 Å². The number of hydrogen-bond acceptors (Lipinski definition) is 5. The molecule has 104 valence electrons. The molecular weight excluding hydrogens is 270 g/mol. The molecule has 9 heteroatoms. The van der Waals surface area contributed by atoms with Gasteiger partial charge in [-0.3, -0.25) is 9.78 Å². The van der Waals surface area contributed by atoms with Crippen LogP contribution in [0.1, 0.15) is 17.1 Å². The van der Waals surface area contributed by atoms with Gasteiger partial charge in [-0.05, 0) is 13.0 Å². The normalized spacial score (nSPS) is 11.9. The van der Waals surface area contributed by atoms with Crippen LogP contribution < -0.4 is 4.72 Å². The smallest absolute Gasteiger partial charge is 0.244 e. The van der Waals surface area contributed by atoms with Crippen molar-refractivity contribution < 1.29 is 13.5 Å². The third-order valence-corrected chi connectivity index (χ3v) is 4.20. The van der Waals surface area contributed by atoms with E-state index >= 15 is 0 Å². The molecule has 2 heterocycles. The maximum atomic E-state index is 12.2. The van der Waals surface area contributed by atoms with E-state index in [1.54, 1.807) is 30.9 Å². The van der Waals surface area contributed by atoms with Crippen LogP contribution in [-0.4, -0.2) is 33.5 Å². The highest BCUT2D eigenvalue weighted by atomic mass is 32.2. The molecule has 0 spiro atoms. The van der Waals surface area contributed by atoms with Gasteiger partial charge in [0.1, 0.15) is 10.6 Å². The summed E-state index contributed by atoms with van der Waals surface area (Å²) in [4.78, 5) is -0.00840. The molecule has 2 aromatic rings. The van der Waals surface area contributed by atoms with E-state index in [0.717, 1.165) is 0 Å². The predicted molar refractivity (Wildman–Crippen MR) is 66.5 cm³/mol. The van der Waals surface area contributed by atoms with Crippen molar-refractivity contribution in [1.82, 2.24) is 24.7 Å². The Morgan fingerprint density at radius 2 is 2.26 bits per heavy atom. The van der Waals surface area contributed by atoms with Crippen LogP contribution in [0.5, 0.6) is 0 Å². The summed E-state index contributed by atoms with van der Waals surface area (Å²) >= 11 is 0. The van der Waals surface area contributed by atoms with Crippen molar-refractivity contribution in [3.63, 3.8) is 0 Å². The van der Waals surface area contributed by atoms with E-state index in [0.29, 0.717) is 11.4 Å². The number of nitrogens with one attached hydrogen (secondary N) is 2. The molecule has 0 saturated heterocycles. The van der Waals surface area contributed by atoms with Crippen molar-refractivity contribution in [3.05, 3.63) is 29.3 Å². The van der Waals surface area contributed by atoms with Crippen molar-refractivity contribution in [3.8, 4) is 0 Å². The van der Waals surface area contributed by atoms with Crippen molar-refractivity contribution in [2.75, 3.05) is 0 Å². The molecule has 0 amide bonds. The van der Waals surface area contributed by atoms with Gasteiger partial charge < -0.3 is 5.11 Å². The van der Waals surface area contributed by atoms with Gasteiger partial charge in [0.15, 0.2) is 0 Å². The molecule has 2 rings (SSSR count). The van der Waals surface area contributed by atoms with Crippen LogP contribution in [0.15, 0.2) is 17.2 Å². The number of hydrogen-bond donors (Lipinski definition) is 3. The Bertz CT molecular complexity index is 673. The van der Waals surface area contributed by atoms with Gasteiger partial charge in [-0.2, -0.15) is 10.2 Å². The number of aliphatic hydroxyl groups excluding tert-OH is 1. The molecule has 0 aliphatic carbocycles. The lowest BCUT2D eigenvalue weighted by Gasteiger charge is -2.05. The first-order valence-corrected chi connectivity index (χ1v) is 7.05. The molecule has 0 aliphatic rings. The number of H-pyrrole nitrogens is 1. The van der Waals surface area contributed by atoms with Gasteiger partial charge in [0.2, 0.25) is 10.0 Å². The lowest BCUT2D eigenvalue weighted by Crippen LogP contribution is -2.25. The lowest BCUT2D eigenvalue weighted by atomic mass is 10.4. The number of aromatic nitrogens is 4. The van der Waals surface area contributed by atoms with Gasteiger partial charge in [0, 0.05) is 13.2 Å². The van der Waals surface area contributed by atoms with Gasteiger partial charge in [-0.15, -0.1) is 0 Å². The van der Waals surface area contributed by atoms with Gasteiger partial charge in [-0.1, -0.05) is 0 Å². The second kappa shape index (κ2) is 5.11. The standard InChI is InChI=1S/C10H15N5O3S/c1-7-10(9(6-16)13-12-7)19(17,18)11-5-8-3-4-15(2)14-8/h3-4,11,16H,5-6H2,1-2H3,(H,12,13). The largest absolute Gasteiger partial charge is 0.390 e. The highest BCUT2D eigenvalue weighted by Crippen LogP contribution is 2.17. The maximum Gasteiger partial charge on any atom is 0.244 e. The molecular formula is C10H15N5O3S. The number of aromatic amines is 1. The Morgan fingerprint density at radius 3 is 2.84 bits per heavy atom. The van der Waals surface area contributed by atoms with Crippen LogP contribution in [0.25, 0.3) is 0 Å². The Labute approximate surface area is 110 Å². The highest BCUT2D eigenvalue weighted by Gasteiger charge is 2.23. The minimum absolute atomic E-state index is 0.00840. The zero-order valence-electron chi connectivity index (χ0n) is 10.6. The molecule has 0 aromatic carbocycles. The maximum absolute atomic E-state index is 12.2. The molecule has 19 heavy (non-hydrogen) atoms. The Kier molecular flexibility index (Phi) is 3.69. The van der Waals surface area contributed by atoms with Crippen LogP contribution >= 0.6 is 0 Å². The van der Waals surface area contributed by atoms with Crippen LogP contribution in [0.3, 0.4) is 0 Å².